The van der Waals surface area contributed by atoms with E-state index in [1.807, 2.05) is 12.1 Å². The lowest BCUT2D eigenvalue weighted by Gasteiger charge is -2.13. The molecule has 0 unspecified atom stereocenters. The summed E-state index contributed by atoms with van der Waals surface area (Å²) in [4.78, 5) is 17.9. The number of hydrogen-bond acceptors (Lipinski definition) is 3. The van der Waals surface area contributed by atoms with E-state index in [4.69, 9.17) is 0 Å². The summed E-state index contributed by atoms with van der Waals surface area (Å²) in [6.45, 7) is 4.75. The molecule has 80 valence electrons. The van der Waals surface area contributed by atoms with Gasteiger partial charge in [-0.1, -0.05) is 6.07 Å². The van der Waals surface area contributed by atoms with Gasteiger partial charge in [-0.15, -0.1) is 0 Å². The lowest BCUT2D eigenvalue weighted by molar-refractivity contribution is 0.101. The van der Waals surface area contributed by atoms with E-state index in [0.29, 0.717) is 5.69 Å². The molecule has 0 saturated carbocycles. The van der Waals surface area contributed by atoms with Gasteiger partial charge in [-0.3, -0.25) is 9.69 Å². The van der Waals surface area contributed by atoms with Crippen LogP contribution in [0.25, 0.3) is 0 Å². The molecular formula is C12H16N2O. The lowest BCUT2D eigenvalue weighted by atomic mass is 10.2. The molecule has 3 heteroatoms. The van der Waals surface area contributed by atoms with Crippen LogP contribution in [-0.4, -0.2) is 28.8 Å². The van der Waals surface area contributed by atoms with Gasteiger partial charge in [0.15, 0.2) is 5.78 Å². The largest absolute Gasteiger partial charge is 0.298 e. The van der Waals surface area contributed by atoms with Crippen molar-refractivity contribution in [2.75, 3.05) is 13.1 Å². The zero-order valence-electron chi connectivity index (χ0n) is 9.07. The lowest BCUT2D eigenvalue weighted by Crippen LogP contribution is -2.19. The molecule has 1 saturated heterocycles. The first kappa shape index (κ1) is 10.3. The maximum absolute atomic E-state index is 11.2. The third-order valence-corrected chi connectivity index (χ3v) is 2.75. The number of carbonyl (C=O) groups excluding carboxylic acids is 1. The van der Waals surface area contributed by atoms with Crippen LogP contribution in [0.15, 0.2) is 18.2 Å². The molecule has 0 aromatic carbocycles. The number of hydrogen-bond donors (Lipinski definition) is 0. The van der Waals surface area contributed by atoms with Gasteiger partial charge >= 0.3 is 0 Å². The molecule has 1 aliphatic rings. The van der Waals surface area contributed by atoms with Crippen LogP contribution in [0.5, 0.6) is 0 Å². The number of carbonyl (C=O) groups is 1. The summed E-state index contributed by atoms with van der Waals surface area (Å²) >= 11 is 0. The second-order valence-corrected chi connectivity index (χ2v) is 4.05. The van der Waals surface area contributed by atoms with E-state index in [9.17, 15) is 4.79 Å². The van der Waals surface area contributed by atoms with Gasteiger partial charge in [0.05, 0.1) is 5.69 Å². The Bertz CT molecular complexity index is 356. The van der Waals surface area contributed by atoms with E-state index in [1.54, 1.807) is 13.0 Å². The Morgan fingerprint density at radius 1 is 1.40 bits per heavy atom. The van der Waals surface area contributed by atoms with Gasteiger partial charge in [0, 0.05) is 13.5 Å². The zero-order chi connectivity index (χ0) is 10.7. The molecule has 0 amide bonds. The minimum atomic E-state index is 0.0401. The number of pyridine rings is 1. The van der Waals surface area contributed by atoms with Crippen LogP contribution in [0, 0.1) is 0 Å². The fourth-order valence-electron chi connectivity index (χ4n) is 1.93. The number of nitrogens with zero attached hydrogens (tertiary/aromatic N) is 2. The van der Waals surface area contributed by atoms with Crippen molar-refractivity contribution < 1.29 is 4.79 Å². The van der Waals surface area contributed by atoms with Crippen molar-refractivity contribution in [3.05, 3.63) is 29.6 Å². The minimum Gasteiger partial charge on any atom is -0.298 e. The average Bonchev–Trinajstić information content (AvgIpc) is 2.71. The highest BCUT2D eigenvalue weighted by Gasteiger charge is 2.12. The summed E-state index contributed by atoms with van der Waals surface area (Å²) in [5, 5.41) is 0. The van der Waals surface area contributed by atoms with Crippen LogP contribution in [0.4, 0.5) is 0 Å². The van der Waals surface area contributed by atoms with Gasteiger partial charge < -0.3 is 0 Å². The first-order valence-electron chi connectivity index (χ1n) is 5.45. The van der Waals surface area contributed by atoms with Crippen molar-refractivity contribution in [2.24, 2.45) is 0 Å². The Hall–Kier alpha value is -1.22. The summed E-state index contributed by atoms with van der Waals surface area (Å²) in [6.07, 6.45) is 2.57. The van der Waals surface area contributed by atoms with Crippen molar-refractivity contribution in [1.82, 2.24) is 9.88 Å². The molecule has 15 heavy (non-hydrogen) atoms. The van der Waals surface area contributed by atoms with Crippen molar-refractivity contribution in [1.29, 1.82) is 0 Å². The molecular weight excluding hydrogens is 188 g/mol. The SMILES string of the molecule is CC(=O)c1cccc(CN2CCCC2)n1. The Balaban J connectivity index is 2.07. The van der Waals surface area contributed by atoms with E-state index >= 15 is 0 Å². The first-order chi connectivity index (χ1) is 7.25. The van der Waals surface area contributed by atoms with E-state index < -0.39 is 0 Å². The predicted octanol–water partition coefficient (Wildman–Crippen LogP) is 1.88. The molecule has 0 aliphatic carbocycles. The smallest absolute Gasteiger partial charge is 0.178 e. The number of aromatic nitrogens is 1. The van der Waals surface area contributed by atoms with Crippen molar-refractivity contribution in [3.8, 4) is 0 Å². The van der Waals surface area contributed by atoms with Crippen LogP contribution in [0.3, 0.4) is 0 Å². The Morgan fingerprint density at radius 2 is 2.13 bits per heavy atom. The Labute approximate surface area is 90.1 Å². The molecule has 1 fully saturated rings. The monoisotopic (exact) mass is 204 g/mol. The molecule has 0 N–H and O–H groups in total. The molecule has 3 nitrogen and oxygen atoms in total. The molecule has 1 aromatic rings. The first-order valence-corrected chi connectivity index (χ1v) is 5.45. The predicted molar refractivity (Wildman–Crippen MR) is 58.8 cm³/mol. The van der Waals surface area contributed by atoms with Gasteiger partial charge in [-0.05, 0) is 38.1 Å². The van der Waals surface area contributed by atoms with Crippen LogP contribution in [0.1, 0.15) is 35.9 Å². The van der Waals surface area contributed by atoms with Gasteiger partial charge in [-0.2, -0.15) is 0 Å². The zero-order valence-corrected chi connectivity index (χ0v) is 9.07. The number of Topliss-reactive ketones (excluding diaryl/α,β-unsaturated/α-hetero) is 1. The van der Waals surface area contributed by atoms with Gasteiger partial charge in [-0.25, -0.2) is 4.98 Å². The molecule has 0 radical (unpaired) electrons. The third-order valence-electron chi connectivity index (χ3n) is 2.75. The maximum atomic E-state index is 11.2. The standard InChI is InChI=1S/C12H16N2O/c1-10(15)12-6-4-5-11(13-12)9-14-7-2-3-8-14/h4-6H,2-3,7-9H2,1H3. The minimum absolute atomic E-state index is 0.0401. The number of likely N-dealkylation sites (tertiary alicyclic amines) is 1. The Morgan fingerprint density at radius 3 is 2.80 bits per heavy atom. The molecule has 0 spiro atoms. The molecule has 1 aliphatic heterocycles. The number of rotatable bonds is 3. The van der Waals surface area contributed by atoms with Crippen LogP contribution in [-0.2, 0) is 6.54 Å². The van der Waals surface area contributed by atoms with E-state index in [1.165, 1.54) is 12.8 Å². The summed E-state index contributed by atoms with van der Waals surface area (Å²) in [5.74, 6) is 0.0401. The van der Waals surface area contributed by atoms with Gasteiger partial charge in [0.2, 0.25) is 0 Å². The Kier molecular flexibility index (Phi) is 3.11. The highest BCUT2D eigenvalue weighted by molar-refractivity contribution is 5.92. The second-order valence-electron chi connectivity index (χ2n) is 4.05. The van der Waals surface area contributed by atoms with Crippen LogP contribution >= 0.6 is 0 Å². The van der Waals surface area contributed by atoms with E-state index in [2.05, 4.69) is 9.88 Å². The molecule has 1 aromatic heterocycles. The van der Waals surface area contributed by atoms with E-state index in [0.717, 1.165) is 25.3 Å². The summed E-state index contributed by atoms with van der Waals surface area (Å²) in [7, 11) is 0. The number of ketones is 1. The summed E-state index contributed by atoms with van der Waals surface area (Å²) < 4.78 is 0. The summed E-state index contributed by atoms with van der Waals surface area (Å²) in [5.41, 5.74) is 1.58. The quantitative estimate of drug-likeness (QED) is 0.705. The maximum Gasteiger partial charge on any atom is 0.178 e. The highest BCUT2D eigenvalue weighted by atomic mass is 16.1. The van der Waals surface area contributed by atoms with E-state index in [-0.39, 0.29) is 5.78 Å². The summed E-state index contributed by atoms with van der Waals surface area (Å²) in [6, 6.07) is 5.68. The van der Waals surface area contributed by atoms with Crippen molar-refractivity contribution >= 4 is 5.78 Å². The van der Waals surface area contributed by atoms with Crippen molar-refractivity contribution in [3.63, 3.8) is 0 Å². The fraction of sp³-hybridized carbons (Fsp3) is 0.500. The van der Waals surface area contributed by atoms with Gasteiger partial charge in [0.1, 0.15) is 5.69 Å². The topological polar surface area (TPSA) is 33.2 Å². The fourth-order valence-corrected chi connectivity index (χ4v) is 1.93. The van der Waals surface area contributed by atoms with Crippen molar-refractivity contribution in [2.45, 2.75) is 26.3 Å². The second kappa shape index (κ2) is 4.53. The average molecular weight is 204 g/mol. The molecule has 0 bridgehead atoms. The molecule has 0 atom stereocenters. The van der Waals surface area contributed by atoms with Crippen LogP contribution in [0.2, 0.25) is 0 Å². The van der Waals surface area contributed by atoms with Gasteiger partial charge in [0.25, 0.3) is 0 Å². The van der Waals surface area contributed by atoms with Crippen LogP contribution < -0.4 is 0 Å². The molecule has 2 heterocycles. The highest BCUT2D eigenvalue weighted by Crippen LogP contribution is 2.11. The molecule has 2 rings (SSSR count). The third kappa shape index (κ3) is 2.63. The normalized spacial score (nSPS) is 16.9.